The Labute approximate surface area is 133 Å². The molecule has 0 saturated heterocycles. The van der Waals surface area contributed by atoms with E-state index in [4.69, 9.17) is 16.3 Å². The highest BCUT2D eigenvalue weighted by molar-refractivity contribution is 6.30. The highest BCUT2D eigenvalue weighted by Crippen LogP contribution is 2.36. The van der Waals surface area contributed by atoms with Crippen LogP contribution in [0.2, 0.25) is 5.02 Å². The van der Waals surface area contributed by atoms with Crippen molar-refractivity contribution >= 4 is 29.2 Å². The number of carbonyl (C=O) groups is 2. The first-order valence-corrected chi connectivity index (χ1v) is 7.34. The lowest BCUT2D eigenvalue weighted by Crippen LogP contribution is -2.24. The van der Waals surface area contributed by atoms with Crippen LogP contribution in [-0.2, 0) is 9.59 Å². The van der Waals surface area contributed by atoms with E-state index < -0.39 is 0 Å². The van der Waals surface area contributed by atoms with Crippen LogP contribution in [0, 0.1) is 0 Å². The molecule has 2 aromatic carbocycles. The van der Waals surface area contributed by atoms with E-state index in [9.17, 15) is 9.59 Å². The largest absolute Gasteiger partial charge is 0.426 e. The van der Waals surface area contributed by atoms with Crippen molar-refractivity contribution in [2.45, 2.75) is 18.8 Å². The quantitative estimate of drug-likeness (QED) is 0.693. The number of halogens is 1. The van der Waals surface area contributed by atoms with Crippen molar-refractivity contribution in [1.29, 1.82) is 0 Å². The topological polar surface area (TPSA) is 55.4 Å². The second-order valence-electron chi connectivity index (χ2n) is 5.17. The Bertz CT molecular complexity index is 712. The minimum atomic E-state index is -0.303. The number of amides is 1. The first-order valence-electron chi connectivity index (χ1n) is 6.97. The predicted octanol–water partition coefficient (Wildman–Crippen LogP) is 3.76. The highest BCUT2D eigenvalue weighted by atomic mass is 35.5. The summed E-state index contributed by atoms with van der Waals surface area (Å²) >= 11 is 5.81. The van der Waals surface area contributed by atoms with E-state index in [1.165, 1.54) is 0 Å². The fourth-order valence-electron chi connectivity index (χ4n) is 2.54. The maximum absolute atomic E-state index is 12.2. The number of rotatable bonds is 3. The second-order valence-corrected chi connectivity index (χ2v) is 5.61. The Morgan fingerprint density at radius 2 is 1.91 bits per heavy atom. The van der Waals surface area contributed by atoms with Crippen LogP contribution in [0.4, 0.5) is 5.69 Å². The van der Waals surface area contributed by atoms with Gasteiger partial charge in [0.15, 0.2) is 0 Å². The van der Waals surface area contributed by atoms with Gasteiger partial charge in [-0.2, -0.15) is 0 Å². The Kier molecular flexibility index (Phi) is 4.11. The lowest BCUT2D eigenvalue weighted by atomic mass is 9.89. The molecule has 4 nitrogen and oxygen atoms in total. The van der Waals surface area contributed by atoms with Crippen molar-refractivity contribution in [3.05, 3.63) is 59.1 Å². The summed E-state index contributed by atoms with van der Waals surface area (Å²) in [5.41, 5.74) is 1.58. The molecule has 3 rings (SSSR count). The van der Waals surface area contributed by atoms with Gasteiger partial charge in [-0.05, 0) is 35.9 Å². The Morgan fingerprint density at radius 3 is 2.68 bits per heavy atom. The van der Waals surface area contributed by atoms with Crippen LogP contribution in [0.1, 0.15) is 24.3 Å². The fraction of sp³-hybridized carbons (Fsp3) is 0.176. The van der Waals surface area contributed by atoms with Crippen LogP contribution in [0.15, 0.2) is 48.5 Å². The molecule has 1 aliphatic rings. The van der Waals surface area contributed by atoms with E-state index >= 15 is 0 Å². The monoisotopic (exact) mass is 315 g/mol. The smallest absolute Gasteiger partial charge is 0.311 e. The lowest BCUT2D eigenvalue weighted by Gasteiger charge is -2.23. The summed E-state index contributed by atoms with van der Waals surface area (Å²) in [6, 6.07) is 14.2. The number of esters is 1. The summed E-state index contributed by atoms with van der Waals surface area (Å²) in [5.74, 6) is -0.0624. The maximum atomic E-state index is 12.2. The highest BCUT2D eigenvalue weighted by Gasteiger charge is 2.28. The van der Waals surface area contributed by atoms with Gasteiger partial charge in [0.1, 0.15) is 5.75 Å². The number of carbonyl (C=O) groups excluding carboxylic acids is 2. The summed E-state index contributed by atoms with van der Waals surface area (Å²) in [6.07, 6.45) is 0.444. The Balaban J connectivity index is 1.71. The molecule has 112 valence electrons. The van der Waals surface area contributed by atoms with Crippen molar-refractivity contribution < 1.29 is 14.3 Å². The third-order valence-corrected chi connectivity index (χ3v) is 3.81. The van der Waals surface area contributed by atoms with Gasteiger partial charge in [0, 0.05) is 23.0 Å². The molecule has 0 radical (unpaired) electrons. The zero-order valence-electron chi connectivity index (χ0n) is 11.7. The number of ether oxygens (including phenoxy) is 1. The maximum Gasteiger partial charge on any atom is 0.311 e. The zero-order valence-corrected chi connectivity index (χ0v) is 12.5. The standard InChI is InChI=1S/C17H14ClNO3/c18-12-5-7-13(8-6-12)19-16(20)9-11-10-17(21)22-15-4-2-1-3-14(11)15/h1-8,11H,9-10H2,(H,19,20)/t11-/m0/s1. The minimum absolute atomic E-state index is 0.142. The van der Waals surface area contributed by atoms with Crippen molar-refractivity contribution in [2.24, 2.45) is 0 Å². The van der Waals surface area contributed by atoms with Gasteiger partial charge in [0.05, 0.1) is 6.42 Å². The van der Waals surface area contributed by atoms with Gasteiger partial charge >= 0.3 is 5.97 Å². The van der Waals surface area contributed by atoms with Crippen molar-refractivity contribution in [2.75, 3.05) is 5.32 Å². The first-order chi connectivity index (χ1) is 10.6. The molecule has 1 aliphatic heterocycles. The third kappa shape index (κ3) is 3.28. The second kappa shape index (κ2) is 6.20. The zero-order chi connectivity index (χ0) is 15.5. The minimum Gasteiger partial charge on any atom is -0.426 e. The molecule has 1 amide bonds. The fourth-order valence-corrected chi connectivity index (χ4v) is 2.66. The molecule has 0 unspecified atom stereocenters. The lowest BCUT2D eigenvalue weighted by molar-refractivity contribution is -0.136. The SMILES string of the molecule is O=C(C[C@H]1CC(=O)Oc2ccccc21)Nc1ccc(Cl)cc1. The van der Waals surface area contributed by atoms with Crippen LogP contribution < -0.4 is 10.1 Å². The molecule has 5 heteroatoms. The predicted molar refractivity (Wildman–Crippen MR) is 84.1 cm³/mol. The van der Waals surface area contributed by atoms with Gasteiger partial charge in [-0.3, -0.25) is 9.59 Å². The van der Waals surface area contributed by atoms with Gasteiger partial charge < -0.3 is 10.1 Å². The van der Waals surface area contributed by atoms with Crippen molar-refractivity contribution in [1.82, 2.24) is 0 Å². The van der Waals surface area contributed by atoms with E-state index in [2.05, 4.69) is 5.32 Å². The summed E-state index contributed by atoms with van der Waals surface area (Å²) in [7, 11) is 0. The number of anilines is 1. The summed E-state index contributed by atoms with van der Waals surface area (Å²) in [4.78, 5) is 23.8. The molecule has 0 aromatic heterocycles. The molecule has 0 spiro atoms. The molecule has 1 atom stereocenters. The molecule has 0 bridgehead atoms. The average Bonchev–Trinajstić information content (AvgIpc) is 2.49. The molecular weight excluding hydrogens is 302 g/mol. The van der Waals surface area contributed by atoms with Crippen LogP contribution in [0.5, 0.6) is 5.75 Å². The normalized spacial score (nSPS) is 16.6. The number of fused-ring (bicyclic) bond motifs is 1. The van der Waals surface area contributed by atoms with Crippen LogP contribution >= 0.6 is 11.6 Å². The average molecular weight is 316 g/mol. The molecule has 2 aromatic rings. The van der Waals surface area contributed by atoms with Gasteiger partial charge in [-0.1, -0.05) is 29.8 Å². The van der Waals surface area contributed by atoms with E-state index in [1.54, 1.807) is 30.3 Å². The number of benzene rings is 2. The molecular formula is C17H14ClNO3. The number of hydrogen-bond donors (Lipinski definition) is 1. The Hall–Kier alpha value is -2.33. The summed E-state index contributed by atoms with van der Waals surface area (Å²) < 4.78 is 5.19. The molecule has 1 heterocycles. The van der Waals surface area contributed by atoms with E-state index in [0.29, 0.717) is 16.5 Å². The molecule has 22 heavy (non-hydrogen) atoms. The Morgan fingerprint density at radius 1 is 1.18 bits per heavy atom. The van der Waals surface area contributed by atoms with Gasteiger partial charge in [-0.25, -0.2) is 0 Å². The van der Waals surface area contributed by atoms with Gasteiger partial charge in [0.25, 0.3) is 0 Å². The van der Waals surface area contributed by atoms with Crippen molar-refractivity contribution in [3.8, 4) is 5.75 Å². The van der Waals surface area contributed by atoms with Crippen molar-refractivity contribution in [3.63, 3.8) is 0 Å². The van der Waals surface area contributed by atoms with Gasteiger partial charge in [-0.15, -0.1) is 0 Å². The molecule has 0 aliphatic carbocycles. The third-order valence-electron chi connectivity index (χ3n) is 3.56. The molecule has 1 N–H and O–H groups in total. The van der Waals surface area contributed by atoms with Crippen LogP contribution in [-0.4, -0.2) is 11.9 Å². The number of nitrogens with one attached hydrogen (secondary N) is 1. The van der Waals surface area contributed by atoms with Crippen LogP contribution in [0.3, 0.4) is 0 Å². The van der Waals surface area contributed by atoms with E-state index in [1.807, 2.05) is 18.2 Å². The number of hydrogen-bond acceptors (Lipinski definition) is 3. The van der Waals surface area contributed by atoms with E-state index in [-0.39, 0.29) is 30.6 Å². The molecule has 0 saturated carbocycles. The summed E-state index contributed by atoms with van der Waals surface area (Å²) in [6.45, 7) is 0. The summed E-state index contributed by atoms with van der Waals surface area (Å²) in [5, 5.41) is 3.43. The van der Waals surface area contributed by atoms with Crippen LogP contribution in [0.25, 0.3) is 0 Å². The first kappa shape index (κ1) is 14.6. The molecule has 0 fully saturated rings. The van der Waals surface area contributed by atoms with Gasteiger partial charge in [0.2, 0.25) is 5.91 Å². The van der Waals surface area contributed by atoms with E-state index in [0.717, 1.165) is 5.56 Å². The number of para-hydroxylation sites is 1.